The minimum absolute atomic E-state index is 0.120. The van der Waals surface area contributed by atoms with Crippen molar-refractivity contribution < 1.29 is 37.5 Å². The zero-order valence-electron chi connectivity index (χ0n) is 43.6. The lowest BCUT2D eigenvalue weighted by atomic mass is 9.59. The van der Waals surface area contributed by atoms with Crippen LogP contribution in [0.25, 0.3) is 11.0 Å². The van der Waals surface area contributed by atoms with E-state index in [4.69, 9.17) is 19.2 Å². The number of amides is 1. The molecule has 7 heterocycles. The molecule has 0 radical (unpaired) electrons. The number of fused-ring (bicyclic) bond motifs is 3. The summed E-state index contributed by atoms with van der Waals surface area (Å²) in [4.78, 5) is 44.2. The Morgan fingerprint density at radius 2 is 1.67 bits per heavy atom. The number of ether oxygens (including phenoxy) is 3. The molecule has 5 aromatic rings. The number of piperidine rings is 1. The number of nitro groups is 1. The monoisotopic (exact) mass is 1060 g/mol. The molecule has 19 heteroatoms. The molecule has 1 amide bonds. The van der Waals surface area contributed by atoms with Crippen LogP contribution in [0.15, 0.2) is 83.9 Å². The number of aromatic nitrogens is 2. The van der Waals surface area contributed by atoms with E-state index in [2.05, 4.69) is 65.8 Å². The molecule has 7 aliphatic rings. The third-order valence-corrected chi connectivity index (χ3v) is 19.6. The molecule has 5 aliphatic heterocycles. The maximum absolute atomic E-state index is 14.8. The second kappa shape index (κ2) is 20.5. The van der Waals surface area contributed by atoms with Crippen LogP contribution in [0.3, 0.4) is 0 Å². The van der Waals surface area contributed by atoms with E-state index in [1.165, 1.54) is 36.1 Å². The minimum Gasteiger partial charge on any atom is -0.468 e. The highest BCUT2D eigenvalue weighted by Crippen LogP contribution is 2.54. The van der Waals surface area contributed by atoms with Crippen LogP contribution in [0.1, 0.15) is 105 Å². The molecule has 2 aliphatic carbocycles. The van der Waals surface area contributed by atoms with Crippen LogP contribution >= 0.6 is 0 Å². The van der Waals surface area contributed by atoms with Crippen LogP contribution < -0.4 is 24.6 Å². The highest BCUT2D eigenvalue weighted by molar-refractivity contribution is 7.90. The van der Waals surface area contributed by atoms with Crippen molar-refractivity contribution >= 4 is 55.4 Å². The number of aliphatic hydroxyl groups is 1. The molecular weight excluding hydrogens is 987 g/mol. The molecule has 4 N–H and O–H groups in total. The van der Waals surface area contributed by atoms with Crippen LogP contribution in [-0.2, 0) is 19.5 Å². The van der Waals surface area contributed by atoms with Crippen LogP contribution in [0.5, 0.6) is 5.88 Å². The number of carbonyl (C=O) groups excluding carboxylic acids is 1. The number of piperazine rings is 1. The number of pyridine rings is 1. The van der Waals surface area contributed by atoms with Crippen LogP contribution in [0.2, 0.25) is 0 Å². The number of nitrogens with zero attached hydrogens (tertiary/aromatic N) is 6. The molecule has 1 spiro atoms. The van der Waals surface area contributed by atoms with Gasteiger partial charge in [-0.05, 0) is 149 Å². The van der Waals surface area contributed by atoms with Gasteiger partial charge in [-0.1, -0.05) is 24.3 Å². The Labute approximate surface area is 444 Å². The number of H-pyrrole nitrogens is 1. The molecule has 2 saturated carbocycles. The summed E-state index contributed by atoms with van der Waals surface area (Å²) in [7, 11) is -4.62. The number of hydrogen-bond acceptors (Lipinski definition) is 15. The summed E-state index contributed by atoms with van der Waals surface area (Å²) >= 11 is 0. The second-order valence-corrected chi connectivity index (χ2v) is 24.8. The van der Waals surface area contributed by atoms with Gasteiger partial charge in [0.15, 0.2) is 0 Å². The second-order valence-electron chi connectivity index (χ2n) is 23.1. The van der Waals surface area contributed by atoms with Gasteiger partial charge in [-0.2, -0.15) is 4.98 Å². The number of aromatic amines is 1. The Balaban J connectivity index is 0.804. The van der Waals surface area contributed by atoms with Gasteiger partial charge in [0.2, 0.25) is 5.88 Å². The van der Waals surface area contributed by atoms with E-state index in [0.717, 1.165) is 102 Å². The Morgan fingerprint density at radius 3 is 2.45 bits per heavy atom. The van der Waals surface area contributed by atoms with Gasteiger partial charge >= 0.3 is 0 Å². The van der Waals surface area contributed by atoms with E-state index in [1.54, 1.807) is 6.07 Å². The predicted molar refractivity (Wildman–Crippen MR) is 290 cm³/mol. The molecule has 0 bridgehead atoms. The highest BCUT2D eigenvalue weighted by atomic mass is 32.2. The number of anilines is 4. The molecule has 404 valence electrons. The molecule has 2 aromatic heterocycles. The first kappa shape index (κ1) is 51.0. The van der Waals surface area contributed by atoms with E-state index in [9.17, 15) is 28.4 Å². The van der Waals surface area contributed by atoms with Crippen molar-refractivity contribution in [2.45, 2.75) is 125 Å². The average molecular weight is 1060 g/mol. The van der Waals surface area contributed by atoms with E-state index < -0.39 is 43.1 Å². The summed E-state index contributed by atoms with van der Waals surface area (Å²) in [6, 6.07) is 23.3. The van der Waals surface area contributed by atoms with Gasteiger partial charge in [0.05, 0.1) is 39.3 Å². The number of hydrogen-bond donors (Lipinski definition) is 4. The molecule has 12 rings (SSSR count). The van der Waals surface area contributed by atoms with Crippen molar-refractivity contribution in [2.24, 2.45) is 11.3 Å². The van der Waals surface area contributed by atoms with Gasteiger partial charge in [0.25, 0.3) is 21.6 Å². The quantitative estimate of drug-likeness (QED) is 0.0686. The summed E-state index contributed by atoms with van der Waals surface area (Å²) < 4.78 is 49.0. The molecule has 0 unspecified atom stereocenters. The zero-order valence-corrected chi connectivity index (χ0v) is 44.4. The van der Waals surface area contributed by atoms with Crippen molar-refractivity contribution in [3.8, 4) is 5.88 Å². The smallest absolute Gasteiger partial charge is 0.293 e. The largest absolute Gasteiger partial charge is 0.468 e. The SMILES string of the molecule is Cc1ccccc1[C@@H]1CN(C2CCOCC2)CCN1C1CC2(CCN(c3ccc(C(=O)NS(=O)(=O)c4ccc(NC[C@H]5CC[C@](C)(O)CC5)c([N+](=O)[O-])c4)c(N4c5cc6cc[nH]c6nc5O[C@H]5COCC[C@@H]54)c3)CC2)C1. The molecule has 4 saturated heterocycles. The maximum Gasteiger partial charge on any atom is 0.293 e. The summed E-state index contributed by atoms with van der Waals surface area (Å²) in [5.41, 5.74) is 4.94. The number of rotatable bonds is 12. The van der Waals surface area contributed by atoms with Gasteiger partial charge in [-0.15, -0.1) is 0 Å². The van der Waals surface area contributed by atoms with E-state index in [1.807, 2.05) is 37.4 Å². The fourth-order valence-corrected chi connectivity index (χ4v) is 14.7. The third-order valence-electron chi connectivity index (χ3n) is 18.3. The van der Waals surface area contributed by atoms with E-state index in [-0.39, 0.29) is 28.6 Å². The zero-order chi connectivity index (χ0) is 52.3. The van der Waals surface area contributed by atoms with Gasteiger partial charge in [-0.3, -0.25) is 24.7 Å². The van der Waals surface area contributed by atoms with Crippen molar-refractivity contribution in [1.29, 1.82) is 0 Å². The van der Waals surface area contributed by atoms with Gasteiger partial charge in [-0.25, -0.2) is 13.1 Å². The fourth-order valence-electron chi connectivity index (χ4n) is 13.7. The number of aryl methyl sites for hydroxylation is 1. The first-order chi connectivity index (χ1) is 36.7. The Morgan fingerprint density at radius 1 is 0.895 bits per heavy atom. The summed E-state index contributed by atoms with van der Waals surface area (Å²) in [5, 5.41) is 26.8. The van der Waals surface area contributed by atoms with Crippen LogP contribution in [0, 0.1) is 28.4 Å². The molecular formula is C57H71N9O9S. The van der Waals surface area contributed by atoms with Crippen LogP contribution in [0.4, 0.5) is 28.4 Å². The molecule has 6 fully saturated rings. The predicted octanol–water partition coefficient (Wildman–Crippen LogP) is 8.23. The molecule has 3 aromatic carbocycles. The van der Waals surface area contributed by atoms with Gasteiger partial charge in [0, 0.05) is 101 Å². The third kappa shape index (κ3) is 10.0. The molecule has 76 heavy (non-hydrogen) atoms. The van der Waals surface area contributed by atoms with Crippen molar-refractivity contribution in [2.75, 3.05) is 80.8 Å². The van der Waals surface area contributed by atoms with Crippen molar-refractivity contribution in [3.05, 3.63) is 106 Å². The first-order valence-electron chi connectivity index (χ1n) is 27.6. The Bertz CT molecular complexity index is 3080. The van der Waals surface area contributed by atoms with Crippen LogP contribution in [-0.4, -0.2) is 140 Å². The summed E-state index contributed by atoms with van der Waals surface area (Å²) in [6.45, 7) is 11.8. The number of sulfonamides is 1. The number of nitrogens with one attached hydrogen (secondary N) is 3. The van der Waals surface area contributed by atoms with Gasteiger partial charge in [0.1, 0.15) is 23.1 Å². The topological polar surface area (TPSA) is 208 Å². The minimum atomic E-state index is -4.62. The van der Waals surface area contributed by atoms with Crippen molar-refractivity contribution in [1.82, 2.24) is 24.5 Å². The summed E-state index contributed by atoms with van der Waals surface area (Å²) in [6.07, 6.45) is 11.4. The lowest BCUT2D eigenvalue weighted by Gasteiger charge is -2.59. The molecule has 18 nitrogen and oxygen atoms in total. The average Bonchev–Trinajstić information content (AvgIpc) is 3.88. The normalized spacial score (nSPS) is 26.6. The number of nitro benzene ring substituents is 1. The van der Waals surface area contributed by atoms with E-state index >= 15 is 0 Å². The number of benzene rings is 3. The van der Waals surface area contributed by atoms with Gasteiger partial charge < -0.3 is 39.4 Å². The summed E-state index contributed by atoms with van der Waals surface area (Å²) in [5.74, 6) is -0.304. The lowest BCUT2D eigenvalue weighted by molar-refractivity contribution is -0.384. The Kier molecular flexibility index (Phi) is 13.8. The molecule has 3 atom stereocenters. The first-order valence-corrected chi connectivity index (χ1v) is 29.0. The maximum atomic E-state index is 14.8. The lowest BCUT2D eigenvalue weighted by Crippen LogP contribution is -2.61. The van der Waals surface area contributed by atoms with Crippen molar-refractivity contribution in [3.63, 3.8) is 0 Å². The number of carbonyl (C=O) groups is 1. The Hall–Kier alpha value is -5.83. The highest BCUT2D eigenvalue weighted by Gasteiger charge is 2.51. The standard InChI is InChI=1S/C57H71N9O9S/c1-37-5-3-4-6-44(37)51-35-63(40-14-26-73-27-15-40)24-25-64(51)42-32-57(33-42)19-22-62(23-20-57)41-7-9-45(48(30-41)65-47-16-28-74-36-52(47)75-55-50(65)29-39-13-21-58-53(39)60-55)54(67)61-76(71,72)43-8-10-46(49(31-43)66(69)70)59-34-38-11-17-56(2,68)18-12-38/h3-10,13,21,29-31,38,40,42,47,51-52,59,68H,11-12,14-20,22-28,32-36H2,1-2H3,(H,58,60)(H,61,67)/t38-,47-,51-,52-,56-/m0/s1. The fraction of sp³-hybridized carbons (Fsp3) is 0.544. The van der Waals surface area contributed by atoms with E-state index in [0.29, 0.717) is 80.0 Å².